The third kappa shape index (κ3) is 8.66. The number of hydrogen-bond donors (Lipinski definition) is 0. The number of unbranched alkanes of at least 4 members (excludes halogenated alkanes) is 10. The van der Waals surface area contributed by atoms with Gasteiger partial charge in [0.2, 0.25) is 0 Å². The Labute approximate surface area is 187 Å². The molecule has 2 rings (SSSR count). The van der Waals surface area contributed by atoms with Crippen molar-refractivity contribution >= 4 is 40.2 Å². The van der Waals surface area contributed by atoms with Crippen LogP contribution < -0.4 is 9.00 Å². The molecule has 5 heteroatoms. The average Bonchev–Trinajstić information content (AvgIpc) is 3.46. The Kier molecular flexibility index (Phi) is 13.1. The maximum atomic E-state index is 6.71. The van der Waals surface area contributed by atoms with Crippen LogP contribution in [0.15, 0.2) is 35.0 Å². The molecule has 0 aliphatic rings. The summed E-state index contributed by atoms with van der Waals surface area (Å²) in [6, 6.07) is 8.72. The van der Waals surface area contributed by atoms with Gasteiger partial charge >= 0.3 is 8.56 Å². The molecule has 2 nitrogen and oxygen atoms in total. The monoisotopic (exact) mass is 452 g/mol. The van der Waals surface area contributed by atoms with Crippen molar-refractivity contribution in [2.24, 2.45) is 0 Å². The first-order valence-electron chi connectivity index (χ1n) is 11.7. The van der Waals surface area contributed by atoms with Crippen LogP contribution in [0.2, 0.25) is 0 Å². The zero-order valence-corrected chi connectivity index (χ0v) is 21.1. The molecule has 0 bridgehead atoms. The third-order valence-electron chi connectivity index (χ3n) is 5.30. The highest BCUT2D eigenvalue weighted by molar-refractivity contribution is 7.33. The van der Waals surface area contributed by atoms with Gasteiger partial charge in [-0.15, -0.1) is 22.7 Å². The third-order valence-corrected chi connectivity index (χ3v) is 11.8. The second kappa shape index (κ2) is 15.4. The van der Waals surface area contributed by atoms with Crippen molar-refractivity contribution < 1.29 is 8.85 Å². The van der Waals surface area contributed by atoms with E-state index in [1.54, 1.807) is 22.7 Å². The zero-order chi connectivity index (χ0) is 20.6. The van der Waals surface area contributed by atoms with E-state index in [0.717, 1.165) is 26.1 Å². The van der Waals surface area contributed by atoms with E-state index in [1.807, 2.05) is 0 Å². The van der Waals surface area contributed by atoms with Crippen LogP contribution in [-0.2, 0) is 8.85 Å². The quantitative estimate of drug-likeness (QED) is 0.177. The van der Waals surface area contributed by atoms with Crippen LogP contribution in [-0.4, -0.2) is 21.8 Å². The molecule has 0 radical (unpaired) electrons. The van der Waals surface area contributed by atoms with Gasteiger partial charge in [0, 0.05) is 13.2 Å². The topological polar surface area (TPSA) is 18.5 Å². The van der Waals surface area contributed by atoms with Crippen LogP contribution in [0.4, 0.5) is 0 Å². The molecule has 0 aliphatic heterocycles. The maximum absolute atomic E-state index is 6.71. The molecule has 0 saturated heterocycles. The highest BCUT2D eigenvalue weighted by Gasteiger charge is 2.44. The molecule has 2 heterocycles. The summed E-state index contributed by atoms with van der Waals surface area (Å²) in [5.41, 5.74) is 0. The Morgan fingerprint density at radius 2 is 1.03 bits per heavy atom. The molecule has 0 aliphatic carbocycles. The fraction of sp³-hybridized carbons (Fsp3) is 0.667. The fourth-order valence-electron chi connectivity index (χ4n) is 3.58. The molecule has 29 heavy (non-hydrogen) atoms. The molecule has 2 aromatic rings. The van der Waals surface area contributed by atoms with E-state index >= 15 is 0 Å². The van der Waals surface area contributed by atoms with E-state index in [9.17, 15) is 0 Å². The van der Waals surface area contributed by atoms with Crippen molar-refractivity contribution in [2.75, 3.05) is 13.2 Å². The summed E-state index contributed by atoms with van der Waals surface area (Å²) in [5.74, 6) is 0. The highest BCUT2D eigenvalue weighted by atomic mass is 32.1. The second-order valence-corrected chi connectivity index (χ2v) is 13.3. The smallest absolute Gasteiger partial charge is 0.387 e. The van der Waals surface area contributed by atoms with Gasteiger partial charge in [-0.2, -0.15) is 0 Å². The molecule has 0 spiro atoms. The Hall–Kier alpha value is -0.463. The summed E-state index contributed by atoms with van der Waals surface area (Å²) >= 11 is 3.59. The van der Waals surface area contributed by atoms with Crippen LogP contribution in [0.5, 0.6) is 0 Å². The van der Waals surface area contributed by atoms with Crippen molar-refractivity contribution in [3.05, 3.63) is 35.0 Å². The summed E-state index contributed by atoms with van der Waals surface area (Å²) in [6.07, 6.45) is 15.4. The van der Waals surface area contributed by atoms with Gasteiger partial charge in [0.05, 0.1) is 9.00 Å². The molecular weight excluding hydrogens is 412 g/mol. The molecule has 0 saturated carbocycles. The van der Waals surface area contributed by atoms with E-state index in [1.165, 1.54) is 73.2 Å². The minimum Gasteiger partial charge on any atom is -0.387 e. The van der Waals surface area contributed by atoms with E-state index in [0.29, 0.717) is 0 Å². The van der Waals surface area contributed by atoms with E-state index in [-0.39, 0.29) is 0 Å². The van der Waals surface area contributed by atoms with Gasteiger partial charge in [0.1, 0.15) is 0 Å². The summed E-state index contributed by atoms with van der Waals surface area (Å²) in [5, 5.41) is 4.32. The fourth-order valence-corrected chi connectivity index (χ4v) is 10.1. The second-order valence-electron chi connectivity index (χ2n) is 7.80. The Bertz CT molecular complexity index is 544. The minimum atomic E-state index is -2.56. The molecule has 0 aromatic carbocycles. The van der Waals surface area contributed by atoms with Gasteiger partial charge in [-0.25, -0.2) is 0 Å². The van der Waals surface area contributed by atoms with Crippen molar-refractivity contribution in [3.8, 4) is 0 Å². The molecule has 0 N–H and O–H groups in total. The van der Waals surface area contributed by atoms with Crippen molar-refractivity contribution in [2.45, 2.75) is 90.9 Å². The Morgan fingerprint density at radius 3 is 1.41 bits per heavy atom. The van der Waals surface area contributed by atoms with Crippen LogP contribution in [0, 0.1) is 0 Å². The molecule has 0 amide bonds. The van der Waals surface area contributed by atoms with Crippen molar-refractivity contribution in [1.82, 2.24) is 0 Å². The lowest BCUT2D eigenvalue weighted by Crippen LogP contribution is -2.61. The lowest BCUT2D eigenvalue weighted by atomic mass is 10.1. The van der Waals surface area contributed by atoms with Gasteiger partial charge in [-0.1, -0.05) is 90.2 Å². The average molecular weight is 453 g/mol. The van der Waals surface area contributed by atoms with Gasteiger partial charge in [-0.3, -0.25) is 0 Å². The van der Waals surface area contributed by atoms with Crippen molar-refractivity contribution in [1.29, 1.82) is 0 Å². The number of rotatable bonds is 18. The Balaban J connectivity index is 1.94. The summed E-state index contributed by atoms with van der Waals surface area (Å²) in [7, 11) is -2.56. The normalized spacial score (nSPS) is 11.9. The van der Waals surface area contributed by atoms with Crippen LogP contribution >= 0.6 is 22.7 Å². The highest BCUT2D eigenvalue weighted by Crippen LogP contribution is 2.18. The summed E-state index contributed by atoms with van der Waals surface area (Å²) in [6.45, 7) is 6.16. The lowest BCUT2D eigenvalue weighted by molar-refractivity contribution is 0.185. The summed E-state index contributed by atoms with van der Waals surface area (Å²) < 4.78 is 16.0. The van der Waals surface area contributed by atoms with Crippen LogP contribution in [0.3, 0.4) is 0 Å². The molecule has 2 aromatic heterocycles. The Morgan fingerprint density at radius 1 is 0.621 bits per heavy atom. The van der Waals surface area contributed by atoms with E-state index < -0.39 is 8.56 Å². The van der Waals surface area contributed by atoms with E-state index in [2.05, 4.69) is 48.9 Å². The number of thiophene rings is 2. The maximum Gasteiger partial charge on any atom is 0.427 e. The molecule has 0 fully saturated rings. The minimum absolute atomic E-state index is 0.810. The van der Waals surface area contributed by atoms with Crippen LogP contribution in [0.25, 0.3) is 0 Å². The van der Waals surface area contributed by atoms with Crippen LogP contribution in [0.1, 0.15) is 90.9 Å². The van der Waals surface area contributed by atoms with Gasteiger partial charge in [0.15, 0.2) is 0 Å². The first kappa shape index (κ1) is 24.8. The summed E-state index contributed by atoms with van der Waals surface area (Å²) in [4.78, 5) is 0. The first-order chi connectivity index (χ1) is 14.3. The zero-order valence-electron chi connectivity index (χ0n) is 18.5. The first-order valence-corrected chi connectivity index (χ1v) is 15.3. The predicted octanol–water partition coefficient (Wildman–Crippen LogP) is 7.12. The van der Waals surface area contributed by atoms with Gasteiger partial charge in [-0.05, 0) is 35.7 Å². The van der Waals surface area contributed by atoms with E-state index in [4.69, 9.17) is 8.85 Å². The van der Waals surface area contributed by atoms with Gasteiger partial charge < -0.3 is 8.85 Å². The molecule has 0 atom stereocenters. The van der Waals surface area contributed by atoms with Gasteiger partial charge in [0.25, 0.3) is 0 Å². The molecule has 0 unspecified atom stereocenters. The van der Waals surface area contributed by atoms with Crippen molar-refractivity contribution in [3.63, 3.8) is 0 Å². The predicted molar refractivity (Wildman–Crippen MR) is 132 cm³/mol. The molecular formula is C24H40O2S2Si. The largest absolute Gasteiger partial charge is 0.427 e. The lowest BCUT2D eigenvalue weighted by Gasteiger charge is -2.29. The standard InChI is InChI=1S/C24H40O2S2Si/c1-3-5-7-9-11-13-19-25-29(23-17-15-21-27-23,24-18-16-22-28-24)26-20-14-12-10-8-6-4-2/h15-18,21-22H,3-14,19-20H2,1-2H3. The SMILES string of the molecule is CCCCCCCCO[Si](OCCCCCCCC)(c1cccs1)c1cccs1. The molecule has 164 valence electrons. The number of hydrogen-bond acceptors (Lipinski definition) is 4.